The molecule has 7 nitrogen and oxygen atoms in total. The molecule has 0 amide bonds. The van der Waals surface area contributed by atoms with Crippen molar-refractivity contribution in [1.29, 1.82) is 0 Å². The zero-order valence-electron chi connectivity index (χ0n) is 12.7. The third-order valence-electron chi connectivity index (χ3n) is 3.63. The molecule has 1 fully saturated rings. The third kappa shape index (κ3) is 4.36. The van der Waals surface area contributed by atoms with E-state index in [4.69, 9.17) is 18.9 Å². The first-order valence-electron chi connectivity index (χ1n) is 6.83. The molecule has 2 N–H and O–H groups in total. The lowest BCUT2D eigenvalue weighted by Crippen LogP contribution is -2.64. The van der Waals surface area contributed by atoms with Crippen LogP contribution in [0.4, 0.5) is 0 Å². The van der Waals surface area contributed by atoms with Crippen LogP contribution in [0.1, 0.15) is 6.92 Å². The summed E-state index contributed by atoms with van der Waals surface area (Å²) in [5.74, 6) is 0. The van der Waals surface area contributed by atoms with Gasteiger partial charge in [0, 0.05) is 34.4 Å². The highest BCUT2D eigenvalue weighted by Gasteiger charge is 2.45. The van der Waals surface area contributed by atoms with Gasteiger partial charge in [0.05, 0.1) is 31.5 Å². The number of ether oxygens (including phenoxy) is 4. The van der Waals surface area contributed by atoms with Crippen LogP contribution in [0.3, 0.4) is 0 Å². The van der Waals surface area contributed by atoms with Gasteiger partial charge in [0.25, 0.3) is 0 Å². The zero-order chi connectivity index (χ0) is 15.1. The summed E-state index contributed by atoms with van der Waals surface area (Å²) in [5, 5.41) is 20.7. The second kappa shape index (κ2) is 8.89. The third-order valence-corrected chi connectivity index (χ3v) is 3.63. The van der Waals surface area contributed by atoms with E-state index in [1.165, 1.54) is 7.11 Å². The Morgan fingerprint density at radius 1 is 1.00 bits per heavy atom. The summed E-state index contributed by atoms with van der Waals surface area (Å²) in [6.45, 7) is 3.95. The Balaban J connectivity index is 2.81. The Labute approximate surface area is 120 Å². The molecular weight excluding hydrogens is 266 g/mol. The highest BCUT2D eigenvalue weighted by atomic mass is 16.7. The molecule has 0 aromatic rings. The van der Waals surface area contributed by atoms with E-state index >= 15 is 0 Å². The van der Waals surface area contributed by atoms with Crippen LogP contribution in [0, 0.1) is 0 Å². The lowest BCUT2D eigenvalue weighted by molar-refractivity contribution is -0.276. The smallest absolute Gasteiger partial charge is 0.185 e. The second-order valence-electron chi connectivity index (χ2n) is 4.94. The maximum Gasteiger partial charge on any atom is 0.185 e. The number of methoxy groups -OCH3 is 3. The van der Waals surface area contributed by atoms with Crippen molar-refractivity contribution in [3.05, 3.63) is 0 Å². The van der Waals surface area contributed by atoms with E-state index in [-0.39, 0.29) is 0 Å². The van der Waals surface area contributed by atoms with E-state index in [9.17, 15) is 10.2 Å². The van der Waals surface area contributed by atoms with Gasteiger partial charge in [0.2, 0.25) is 0 Å². The fourth-order valence-corrected chi connectivity index (χ4v) is 2.47. The topological polar surface area (TPSA) is 80.6 Å². The van der Waals surface area contributed by atoms with Crippen molar-refractivity contribution in [2.45, 2.75) is 37.6 Å². The SMILES string of the molecule is COCCN(CCOC)[C@H]1[C@H](O)[C@@H](C)OC(OC)[C@H]1O. The number of nitrogens with zero attached hydrogens (tertiary/aromatic N) is 1. The van der Waals surface area contributed by atoms with Gasteiger partial charge in [-0.1, -0.05) is 0 Å². The van der Waals surface area contributed by atoms with Gasteiger partial charge in [-0.05, 0) is 6.92 Å². The van der Waals surface area contributed by atoms with E-state index in [0.717, 1.165) is 0 Å². The minimum Gasteiger partial charge on any atom is -0.389 e. The van der Waals surface area contributed by atoms with Gasteiger partial charge >= 0.3 is 0 Å². The molecule has 1 aliphatic heterocycles. The Bertz CT molecular complexity index is 259. The molecule has 0 aromatic carbocycles. The molecular formula is C13H27NO6. The van der Waals surface area contributed by atoms with Crippen molar-refractivity contribution >= 4 is 0 Å². The van der Waals surface area contributed by atoms with Crippen LogP contribution in [0.2, 0.25) is 0 Å². The van der Waals surface area contributed by atoms with Crippen LogP contribution in [0.5, 0.6) is 0 Å². The number of aliphatic hydroxyl groups excluding tert-OH is 2. The van der Waals surface area contributed by atoms with Gasteiger partial charge in [-0.25, -0.2) is 0 Å². The average Bonchev–Trinajstić information content (AvgIpc) is 2.45. The first-order valence-corrected chi connectivity index (χ1v) is 6.83. The molecule has 120 valence electrons. The van der Waals surface area contributed by atoms with Crippen LogP contribution in [-0.2, 0) is 18.9 Å². The molecule has 1 rings (SSSR count). The van der Waals surface area contributed by atoms with Gasteiger partial charge in [-0.15, -0.1) is 0 Å². The highest BCUT2D eigenvalue weighted by molar-refractivity contribution is 4.94. The summed E-state index contributed by atoms with van der Waals surface area (Å²) >= 11 is 0. The van der Waals surface area contributed by atoms with Crippen LogP contribution in [-0.4, -0.2) is 93.4 Å². The lowest BCUT2D eigenvalue weighted by atomic mass is 9.95. The largest absolute Gasteiger partial charge is 0.389 e. The Morgan fingerprint density at radius 3 is 2.00 bits per heavy atom. The summed E-state index contributed by atoms with van der Waals surface area (Å²) in [5.41, 5.74) is 0. The average molecular weight is 293 g/mol. The van der Waals surface area contributed by atoms with Gasteiger partial charge < -0.3 is 29.2 Å². The van der Waals surface area contributed by atoms with Crippen LogP contribution >= 0.6 is 0 Å². The quantitative estimate of drug-likeness (QED) is 0.598. The van der Waals surface area contributed by atoms with Crippen molar-refractivity contribution in [2.75, 3.05) is 47.6 Å². The summed E-state index contributed by atoms with van der Waals surface area (Å²) < 4.78 is 20.7. The second-order valence-corrected chi connectivity index (χ2v) is 4.94. The van der Waals surface area contributed by atoms with Crippen molar-refractivity contribution in [3.63, 3.8) is 0 Å². The fraction of sp³-hybridized carbons (Fsp3) is 1.00. The van der Waals surface area contributed by atoms with Crippen molar-refractivity contribution in [1.82, 2.24) is 4.90 Å². The molecule has 0 saturated carbocycles. The first kappa shape index (κ1) is 17.8. The number of hydrogen-bond acceptors (Lipinski definition) is 7. The monoisotopic (exact) mass is 293 g/mol. The molecule has 1 saturated heterocycles. The van der Waals surface area contributed by atoms with Gasteiger partial charge in [-0.2, -0.15) is 0 Å². The molecule has 20 heavy (non-hydrogen) atoms. The number of hydrogen-bond donors (Lipinski definition) is 2. The molecule has 5 atom stereocenters. The van der Waals surface area contributed by atoms with Crippen molar-refractivity contribution in [3.8, 4) is 0 Å². The molecule has 1 aliphatic rings. The van der Waals surface area contributed by atoms with Crippen LogP contribution in [0.25, 0.3) is 0 Å². The zero-order valence-corrected chi connectivity index (χ0v) is 12.7. The van der Waals surface area contributed by atoms with Gasteiger partial charge in [-0.3, -0.25) is 4.90 Å². The summed E-state index contributed by atoms with van der Waals surface area (Å²) in [6.07, 6.45) is -2.89. The van der Waals surface area contributed by atoms with Crippen molar-refractivity contribution < 1.29 is 29.2 Å². The Kier molecular flexibility index (Phi) is 7.90. The fourth-order valence-electron chi connectivity index (χ4n) is 2.47. The normalized spacial score (nSPS) is 34.6. The maximum absolute atomic E-state index is 10.4. The predicted molar refractivity (Wildman–Crippen MR) is 72.5 cm³/mol. The number of rotatable bonds is 8. The summed E-state index contributed by atoms with van der Waals surface area (Å²) in [4.78, 5) is 1.95. The molecule has 1 heterocycles. The maximum atomic E-state index is 10.4. The molecule has 0 bridgehead atoms. The molecule has 0 aliphatic carbocycles. The molecule has 7 heteroatoms. The predicted octanol–water partition coefficient (Wildman–Crippen LogP) is -0.937. The molecule has 0 aromatic heterocycles. The minimum absolute atomic E-state index is 0.416. The van der Waals surface area contributed by atoms with E-state index < -0.39 is 30.6 Å². The lowest BCUT2D eigenvalue weighted by Gasteiger charge is -2.46. The standard InChI is InChI=1S/C13H27NO6/c1-9-11(15)10(12(16)13(19-4)20-9)14(5-7-17-2)6-8-18-3/h9-13,15-16H,5-8H2,1-4H3/t9-,10+,11-,12+,13?/m1/s1. The van der Waals surface area contributed by atoms with E-state index in [1.807, 2.05) is 4.90 Å². The highest BCUT2D eigenvalue weighted by Crippen LogP contribution is 2.25. The van der Waals surface area contributed by atoms with Gasteiger partial charge in [0.1, 0.15) is 6.10 Å². The summed E-state index contributed by atoms with van der Waals surface area (Å²) in [6, 6.07) is -0.478. The molecule has 0 radical (unpaired) electrons. The van der Waals surface area contributed by atoms with Crippen LogP contribution in [0.15, 0.2) is 0 Å². The molecule has 1 unspecified atom stereocenters. The van der Waals surface area contributed by atoms with Gasteiger partial charge in [0.15, 0.2) is 6.29 Å². The van der Waals surface area contributed by atoms with Crippen LogP contribution < -0.4 is 0 Å². The van der Waals surface area contributed by atoms with Crippen molar-refractivity contribution in [2.24, 2.45) is 0 Å². The summed E-state index contributed by atoms with van der Waals surface area (Å²) in [7, 11) is 4.71. The van der Waals surface area contributed by atoms with E-state index in [2.05, 4.69) is 0 Å². The van der Waals surface area contributed by atoms with E-state index in [0.29, 0.717) is 26.3 Å². The number of aliphatic hydroxyl groups is 2. The molecule has 0 spiro atoms. The van der Waals surface area contributed by atoms with E-state index in [1.54, 1.807) is 21.1 Å². The Hall–Kier alpha value is -0.280. The first-order chi connectivity index (χ1) is 9.56. The Morgan fingerprint density at radius 2 is 1.55 bits per heavy atom. The minimum atomic E-state index is -0.931.